The Kier molecular flexibility index (Phi) is 4.50. The van der Waals surface area contributed by atoms with Gasteiger partial charge in [0.05, 0.1) is 0 Å². The molecule has 0 aliphatic carbocycles. The molecular formula is C8H5ClN2PS2+. The molecule has 0 aliphatic heterocycles. The standard InChI is InChI=1S/C8H5ClN2PS2/c9-12(10-6-13,11-7-14)8-4-2-1-3-5-8/h1-5H/q+1. The summed E-state index contributed by atoms with van der Waals surface area (Å²) < 4.78 is 7.72. The van der Waals surface area contributed by atoms with Crippen LogP contribution in [0.3, 0.4) is 0 Å². The highest BCUT2D eigenvalue weighted by Gasteiger charge is 2.40. The van der Waals surface area contributed by atoms with Gasteiger partial charge in [0.15, 0.2) is 16.5 Å². The smallest absolute Gasteiger partial charge is 0.0620 e. The summed E-state index contributed by atoms with van der Waals surface area (Å²) in [6.45, 7) is -2.53. The Morgan fingerprint density at radius 2 is 1.57 bits per heavy atom. The molecule has 0 spiro atoms. The second-order valence-electron chi connectivity index (χ2n) is 2.24. The van der Waals surface area contributed by atoms with Gasteiger partial charge in [-0.05, 0) is 46.1 Å². The fraction of sp³-hybridized carbons (Fsp3) is 0. The van der Waals surface area contributed by atoms with E-state index in [0.717, 1.165) is 5.30 Å². The molecule has 0 N–H and O–H groups in total. The monoisotopic (exact) mass is 259 g/mol. The zero-order valence-corrected chi connectivity index (χ0v) is 10.2. The lowest BCUT2D eigenvalue weighted by molar-refractivity contribution is 1.71. The Hall–Kier alpha value is -0.460. The molecule has 1 aromatic rings. The van der Waals surface area contributed by atoms with E-state index in [9.17, 15) is 0 Å². The summed E-state index contributed by atoms with van der Waals surface area (Å²) in [6, 6.07) is 9.24. The first-order chi connectivity index (χ1) is 6.73. The molecule has 1 rings (SSSR count). The molecule has 0 aliphatic rings. The maximum atomic E-state index is 6.18. The Morgan fingerprint density at radius 3 is 2.00 bits per heavy atom. The Labute approximate surface area is 98.0 Å². The van der Waals surface area contributed by atoms with Crippen LogP contribution in [0.25, 0.3) is 0 Å². The number of thiocarbonyl (C=S) groups is 2. The van der Waals surface area contributed by atoms with Crippen LogP contribution in [0.5, 0.6) is 0 Å². The molecule has 70 valence electrons. The van der Waals surface area contributed by atoms with Crippen LogP contribution in [-0.2, 0) is 0 Å². The minimum Gasteiger partial charge on any atom is -0.0620 e. The Bertz CT molecular complexity index is 393. The molecule has 0 amide bonds. The van der Waals surface area contributed by atoms with Crippen LogP contribution in [0.4, 0.5) is 0 Å². The highest BCUT2D eigenvalue weighted by atomic mass is 35.7. The van der Waals surface area contributed by atoms with Gasteiger partial charge in [-0.3, -0.25) is 0 Å². The lowest BCUT2D eigenvalue weighted by Crippen LogP contribution is -2.01. The average Bonchev–Trinajstić information content (AvgIpc) is 2.20. The lowest BCUT2D eigenvalue weighted by Gasteiger charge is -2.01. The third-order valence-electron chi connectivity index (χ3n) is 1.43. The van der Waals surface area contributed by atoms with E-state index in [1.165, 1.54) is 0 Å². The van der Waals surface area contributed by atoms with Gasteiger partial charge in [-0.25, -0.2) is 0 Å². The zero-order valence-electron chi connectivity index (χ0n) is 6.92. The second kappa shape index (κ2) is 5.43. The van der Waals surface area contributed by atoms with E-state index in [4.69, 9.17) is 11.2 Å². The average molecular weight is 260 g/mol. The highest BCUT2D eigenvalue weighted by molar-refractivity contribution is 8.03. The molecule has 14 heavy (non-hydrogen) atoms. The first kappa shape index (κ1) is 11.6. The van der Waals surface area contributed by atoms with Crippen LogP contribution in [-0.4, -0.2) is 10.3 Å². The van der Waals surface area contributed by atoms with Crippen molar-refractivity contribution in [2.75, 3.05) is 0 Å². The van der Waals surface area contributed by atoms with Gasteiger partial charge in [0.2, 0.25) is 0 Å². The van der Waals surface area contributed by atoms with Gasteiger partial charge < -0.3 is 0 Å². The highest BCUT2D eigenvalue weighted by Crippen LogP contribution is 2.65. The maximum absolute atomic E-state index is 6.18. The van der Waals surface area contributed by atoms with Gasteiger partial charge in [0.25, 0.3) is 0 Å². The summed E-state index contributed by atoms with van der Waals surface area (Å²) in [6.07, 6.45) is 0. The predicted octanol–water partition coefficient (Wildman–Crippen LogP) is 3.52. The SMILES string of the molecule is S=C=N[P+](Cl)(N=C=S)c1ccccc1. The Balaban J connectivity index is 3.25. The number of rotatable bonds is 3. The fourth-order valence-corrected chi connectivity index (χ4v) is 3.45. The number of isothiocyanates is 2. The molecular weight excluding hydrogens is 255 g/mol. The van der Waals surface area contributed by atoms with E-state index in [1.54, 1.807) is 0 Å². The van der Waals surface area contributed by atoms with Gasteiger partial charge in [0.1, 0.15) is 10.3 Å². The van der Waals surface area contributed by atoms with Crippen molar-refractivity contribution in [2.45, 2.75) is 0 Å². The zero-order chi connectivity index (χ0) is 10.4. The molecule has 2 nitrogen and oxygen atoms in total. The van der Waals surface area contributed by atoms with E-state index >= 15 is 0 Å². The van der Waals surface area contributed by atoms with Crippen molar-refractivity contribution in [2.24, 2.45) is 9.53 Å². The molecule has 0 radical (unpaired) electrons. The molecule has 0 saturated carbocycles. The summed E-state index contributed by atoms with van der Waals surface area (Å²) in [7, 11) is 0. The van der Waals surface area contributed by atoms with Crippen molar-refractivity contribution in [1.29, 1.82) is 0 Å². The number of hydrogen-bond donors (Lipinski definition) is 0. The molecule has 0 bridgehead atoms. The first-order valence-corrected chi connectivity index (χ1v) is 6.97. The van der Waals surface area contributed by atoms with Crippen molar-refractivity contribution < 1.29 is 0 Å². The molecule has 0 aromatic heterocycles. The van der Waals surface area contributed by atoms with Crippen LogP contribution in [0, 0.1) is 0 Å². The van der Waals surface area contributed by atoms with Crippen molar-refractivity contribution in [3.8, 4) is 0 Å². The summed E-state index contributed by atoms with van der Waals surface area (Å²) >= 11 is 15.2. The molecule has 1 aromatic carbocycles. The molecule has 0 saturated heterocycles. The topological polar surface area (TPSA) is 24.7 Å². The van der Waals surface area contributed by atoms with Gasteiger partial charge in [-0.2, -0.15) is 0 Å². The fourth-order valence-electron chi connectivity index (χ4n) is 0.864. The minimum absolute atomic E-state index is 0.788. The molecule has 0 atom stereocenters. The van der Waals surface area contributed by atoms with E-state index in [-0.39, 0.29) is 0 Å². The third-order valence-corrected chi connectivity index (χ3v) is 4.61. The van der Waals surface area contributed by atoms with Gasteiger partial charge in [0, 0.05) is 0 Å². The Morgan fingerprint density at radius 1 is 1.07 bits per heavy atom. The summed E-state index contributed by atoms with van der Waals surface area (Å²) in [5, 5.41) is 5.26. The van der Waals surface area contributed by atoms with E-state index < -0.39 is 6.92 Å². The van der Waals surface area contributed by atoms with Crippen LogP contribution >= 0.6 is 42.6 Å². The summed E-state index contributed by atoms with van der Waals surface area (Å²) in [5.74, 6) is 0. The first-order valence-electron chi connectivity index (χ1n) is 3.56. The second-order valence-corrected chi connectivity index (χ2v) is 5.99. The predicted molar refractivity (Wildman–Crippen MR) is 68.9 cm³/mol. The molecule has 0 unspecified atom stereocenters. The van der Waals surface area contributed by atoms with Crippen molar-refractivity contribution >= 4 is 58.2 Å². The quantitative estimate of drug-likeness (QED) is 0.471. The largest absolute Gasteiger partial charge is 0.399 e. The normalized spacial score (nSPS) is 13.2. The van der Waals surface area contributed by atoms with Crippen LogP contribution < -0.4 is 5.30 Å². The number of halogens is 1. The van der Waals surface area contributed by atoms with E-state index in [0.29, 0.717) is 0 Å². The van der Waals surface area contributed by atoms with Crippen LogP contribution in [0.15, 0.2) is 39.9 Å². The summed E-state index contributed by atoms with van der Waals surface area (Å²) in [4.78, 5) is 0. The van der Waals surface area contributed by atoms with Gasteiger partial charge in [-0.1, -0.05) is 18.2 Å². The van der Waals surface area contributed by atoms with Crippen molar-refractivity contribution in [3.63, 3.8) is 0 Å². The third kappa shape index (κ3) is 2.76. The van der Waals surface area contributed by atoms with E-state index in [2.05, 4.69) is 44.3 Å². The minimum atomic E-state index is -2.53. The van der Waals surface area contributed by atoms with Gasteiger partial charge in [-0.15, -0.1) is 0 Å². The van der Waals surface area contributed by atoms with Crippen LogP contribution in [0.2, 0.25) is 0 Å². The molecule has 0 heterocycles. The molecule has 0 fully saturated rings. The van der Waals surface area contributed by atoms with Gasteiger partial charge >= 0.3 is 6.92 Å². The molecule has 6 heteroatoms. The lowest BCUT2D eigenvalue weighted by atomic mass is 10.4. The van der Waals surface area contributed by atoms with Crippen molar-refractivity contribution in [3.05, 3.63) is 30.3 Å². The maximum Gasteiger partial charge on any atom is 0.399 e. The van der Waals surface area contributed by atoms with Crippen molar-refractivity contribution in [1.82, 2.24) is 0 Å². The van der Waals surface area contributed by atoms with E-state index in [1.807, 2.05) is 30.3 Å². The number of nitrogens with zero attached hydrogens (tertiary/aromatic N) is 2. The number of benzene rings is 1. The number of hydrogen-bond acceptors (Lipinski definition) is 4. The summed E-state index contributed by atoms with van der Waals surface area (Å²) in [5.41, 5.74) is 0. The van der Waals surface area contributed by atoms with Crippen LogP contribution in [0.1, 0.15) is 0 Å².